The van der Waals surface area contributed by atoms with E-state index in [-0.39, 0.29) is 11.5 Å². The van der Waals surface area contributed by atoms with Gasteiger partial charge in [-0.05, 0) is 6.42 Å². The SMILES string of the molecule is CCc1c(N)nc(C(F)(F)F)nc1-c1cncnc1. The molecule has 0 aliphatic carbocycles. The Morgan fingerprint density at radius 1 is 1.16 bits per heavy atom. The van der Waals surface area contributed by atoms with Gasteiger partial charge in [0.2, 0.25) is 5.82 Å². The Labute approximate surface area is 106 Å². The summed E-state index contributed by atoms with van der Waals surface area (Å²) in [5.41, 5.74) is 6.51. The highest BCUT2D eigenvalue weighted by Crippen LogP contribution is 2.31. The summed E-state index contributed by atoms with van der Waals surface area (Å²) in [5.74, 6) is -1.44. The average Bonchev–Trinajstić information content (AvgIpc) is 2.37. The maximum atomic E-state index is 12.7. The maximum Gasteiger partial charge on any atom is 0.451 e. The molecule has 2 N–H and O–H groups in total. The van der Waals surface area contributed by atoms with Gasteiger partial charge in [-0.1, -0.05) is 6.92 Å². The Balaban J connectivity index is 2.67. The number of nitrogen functional groups attached to an aromatic ring is 1. The van der Waals surface area contributed by atoms with E-state index in [4.69, 9.17) is 5.73 Å². The van der Waals surface area contributed by atoms with Gasteiger partial charge in [-0.3, -0.25) is 0 Å². The third kappa shape index (κ3) is 2.61. The van der Waals surface area contributed by atoms with E-state index < -0.39 is 12.0 Å². The molecule has 0 unspecified atom stereocenters. The molecule has 2 rings (SSSR count). The monoisotopic (exact) mass is 269 g/mol. The van der Waals surface area contributed by atoms with Crippen LogP contribution >= 0.6 is 0 Å². The number of anilines is 1. The predicted octanol–water partition coefficient (Wildman–Crippen LogP) is 2.10. The van der Waals surface area contributed by atoms with Crippen LogP contribution in [0.1, 0.15) is 18.3 Å². The molecule has 2 aromatic heterocycles. The number of alkyl halides is 3. The van der Waals surface area contributed by atoms with Crippen molar-refractivity contribution in [2.24, 2.45) is 0 Å². The van der Waals surface area contributed by atoms with Gasteiger partial charge in [0.05, 0.1) is 5.69 Å². The molecular weight excluding hydrogens is 259 g/mol. The van der Waals surface area contributed by atoms with Crippen LogP contribution in [0.5, 0.6) is 0 Å². The van der Waals surface area contributed by atoms with Crippen molar-refractivity contribution in [3.63, 3.8) is 0 Å². The zero-order valence-corrected chi connectivity index (χ0v) is 9.94. The van der Waals surface area contributed by atoms with E-state index in [1.54, 1.807) is 6.92 Å². The minimum Gasteiger partial charge on any atom is -0.383 e. The first-order valence-electron chi connectivity index (χ1n) is 5.42. The number of nitrogens with zero attached hydrogens (tertiary/aromatic N) is 4. The molecule has 0 aliphatic heterocycles. The normalized spacial score (nSPS) is 11.6. The molecule has 0 amide bonds. The van der Waals surface area contributed by atoms with Crippen LogP contribution in [-0.4, -0.2) is 19.9 Å². The molecule has 0 bridgehead atoms. The number of aromatic nitrogens is 4. The summed E-state index contributed by atoms with van der Waals surface area (Å²) in [5, 5.41) is 0. The zero-order valence-electron chi connectivity index (χ0n) is 9.94. The highest BCUT2D eigenvalue weighted by molar-refractivity contribution is 5.66. The van der Waals surface area contributed by atoms with Gasteiger partial charge in [-0.25, -0.2) is 19.9 Å². The highest BCUT2D eigenvalue weighted by atomic mass is 19.4. The van der Waals surface area contributed by atoms with Gasteiger partial charge in [0.15, 0.2) is 0 Å². The lowest BCUT2D eigenvalue weighted by atomic mass is 10.1. The fourth-order valence-corrected chi connectivity index (χ4v) is 1.64. The molecule has 100 valence electrons. The van der Waals surface area contributed by atoms with Crippen LogP contribution in [0.4, 0.5) is 19.0 Å². The molecule has 0 saturated heterocycles. The summed E-state index contributed by atoms with van der Waals surface area (Å²) < 4.78 is 38.1. The molecule has 5 nitrogen and oxygen atoms in total. The first kappa shape index (κ1) is 13.2. The van der Waals surface area contributed by atoms with Gasteiger partial charge < -0.3 is 5.73 Å². The largest absolute Gasteiger partial charge is 0.451 e. The van der Waals surface area contributed by atoms with Crippen molar-refractivity contribution in [1.82, 2.24) is 19.9 Å². The van der Waals surface area contributed by atoms with Crippen molar-refractivity contribution in [3.05, 3.63) is 30.1 Å². The van der Waals surface area contributed by atoms with Crippen LogP contribution in [0.15, 0.2) is 18.7 Å². The van der Waals surface area contributed by atoms with E-state index in [1.807, 2.05) is 0 Å². The Bertz CT molecular complexity index is 583. The van der Waals surface area contributed by atoms with Crippen LogP contribution in [-0.2, 0) is 12.6 Å². The van der Waals surface area contributed by atoms with E-state index in [9.17, 15) is 13.2 Å². The minimum absolute atomic E-state index is 0.114. The lowest BCUT2D eigenvalue weighted by Crippen LogP contribution is -2.15. The Morgan fingerprint density at radius 3 is 2.32 bits per heavy atom. The van der Waals surface area contributed by atoms with Crippen molar-refractivity contribution in [2.45, 2.75) is 19.5 Å². The second-order valence-electron chi connectivity index (χ2n) is 3.74. The average molecular weight is 269 g/mol. The van der Waals surface area contributed by atoms with Crippen LogP contribution < -0.4 is 5.73 Å². The Morgan fingerprint density at radius 2 is 1.79 bits per heavy atom. The highest BCUT2D eigenvalue weighted by Gasteiger charge is 2.36. The first-order valence-corrected chi connectivity index (χ1v) is 5.42. The Kier molecular flexibility index (Phi) is 3.32. The minimum atomic E-state index is -4.65. The van der Waals surface area contributed by atoms with Crippen molar-refractivity contribution in [1.29, 1.82) is 0 Å². The molecule has 0 spiro atoms. The molecule has 0 aromatic carbocycles. The topological polar surface area (TPSA) is 77.6 Å². The summed E-state index contributed by atoms with van der Waals surface area (Å²) >= 11 is 0. The summed E-state index contributed by atoms with van der Waals surface area (Å²) in [4.78, 5) is 14.4. The summed E-state index contributed by atoms with van der Waals surface area (Å²) in [6.45, 7) is 1.76. The predicted molar refractivity (Wildman–Crippen MR) is 61.9 cm³/mol. The number of hydrogen-bond donors (Lipinski definition) is 1. The molecule has 2 aromatic rings. The molecule has 8 heteroatoms. The molecule has 0 saturated carbocycles. The summed E-state index contributed by atoms with van der Waals surface area (Å²) in [6, 6.07) is 0. The first-order chi connectivity index (χ1) is 8.93. The van der Waals surface area contributed by atoms with Crippen LogP contribution in [0.25, 0.3) is 11.3 Å². The van der Waals surface area contributed by atoms with E-state index in [1.165, 1.54) is 18.7 Å². The number of rotatable bonds is 2. The number of hydrogen-bond acceptors (Lipinski definition) is 5. The number of nitrogens with two attached hydrogens (primary N) is 1. The lowest BCUT2D eigenvalue weighted by molar-refractivity contribution is -0.144. The van der Waals surface area contributed by atoms with Gasteiger partial charge in [0, 0.05) is 23.5 Å². The summed E-state index contributed by atoms with van der Waals surface area (Å²) in [7, 11) is 0. The van der Waals surface area contributed by atoms with Crippen molar-refractivity contribution >= 4 is 5.82 Å². The lowest BCUT2D eigenvalue weighted by Gasteiger charge is -2.12. The second-order valence-corrected chi connectivity index (χ2v) is 3.74. The molecule has 2 heterocycles. The standard InChI is InChI=1S/C11H10F3N5/c1-2-7-8(6-3-16-5-17-4-6)18-10(11(12,13)14)19-9(7)15/h3-5H,2H2,1H3,(H2,15,18,19). The van der Waals surface area contributed by atoms with Crippen LogP contribution in [0.3, 0.4) is 0 Å². The molecular formula is C11H10F3N5. The molecule has 0 fully saturated rings. The Hall–Kier alpha value is -2.25. The molecule has 0 radical (unpaired) electrons. The van der Waals surface area contributed by atoms with Gasteiger partial charge in [-0.15, -0.1) is 0 Å². The van der Waals surface area contributed by atoms with Gasteiger partial charge in [0.1, 0.15) is 12.1 Å². The van der Waals surface area contributed by atoms with E-state index in [0.717, 1.165) is 0 Å². The third-order valence-electron chi connectivity index (χ3n) is 2.48. The van der Waals surface area contributed by atoms with E-state index in [0.29, 0.717) is 17.5 Å². The maximum absolute atomic E-state index is 12.7. The fraction of sp³-hybridized carbons (Fsp3) is 0.273. The summed E-state index contributed by atoms with van der Waals surface area (Å²) in [6.07, 6.45) is -0.189. The van der Waals surface area contributed by atoms with Gasteiger partial charge >= 0.3 is 6.18 Å². The smallest absolute Gasteiger partial charge is 0.383 e. The van der Waals surface area contributed by atoms with Crippen molar-refractivity contribution < 1.29 is 13.2 Å². The second kappa shape index (κ2) is 4.79. The molecule has 19 heavy (non-hydrogen) atoms. The third-order valence-corrected chi connectivity index (χ3v) is 2.48. The van der Waals surface area contributed by atoms with Crippen molar-refractivity contribution in [2.75, 3.05) is 5.73 Å². The van der Waals surface area contributed by atoms with Crippen molar-refractivity contribution in [3.8, 4) is 11.3 Å². The fourth-order valence-electron chi connectivity index (χ4n) is 1.64. The van der Waals surface area contributed by atoms with E-state index in [2.05, 4.69) is 19.9 Å². The van der Waals surface area contributed by atoms with Crippen LogP contribution in [0, 0.1) is 0 Å². The van der Waals surface area contributed by atoms with Crippen LogP contribution in [0.2, 0.25) is 0 Å². The van der Waals surface area contributed by atoms with Gasteiger partial charge in [-0.2, -0.15) is 13.2 Å². The molecule has 0 atom stereocenters. The quantitative estimate of drug-likeness (QED) is 0.903. The van der Waals surface area contributed by atoms with Gasteiger partial charge in [0.25, 0.3) is 0 Å². The number of halogens is 3. The zero-order chi connectivity index (χ0) is 14.0. The van der Waals surface area contributed by atoms with E-state index >= 15 is 0 Å². The molecule has 0 aliphatic rings.